The zero-order chi connectivity index (χ0) is 19.4. The van der Waals surface area contributed by atoms with Crippen LogP contribution in [0.5, 0.6) is 0 Å². The van der Waals surface area contributed by atoms with Crippen LogP contribution in [0.1, 0.15) is 56.4 Å². The molecule has 1 aliphatic rings. The Morgan fingerprint density at radius 1 is 1.26 bits per heavy atom. The van der Waals surface area contributed by atoms with Gasteiger partial charge in [0.25, 0.3) is 5.22 Å². The molecule has 0 spiro atoms. The van der Waals surface area contributed by atoms with Crippen molar-refractivity contribution in [2.45, 2.75) is 61.6 Å². The molecule has 5 nitrogen and oxygen atoms in total. The number of carbonyl (C=O) groups is 1. The lowest BCUT2D eigenvalue weighted by Gasteiger charge is -2.17. The zero-order valence-electron chi connectivity index (χ0n) is 14.8. The third-order valence-electron chi connectivity index (χ3n) is 4.48. The highest BCUT2D eigenvalue weighted by Crippen LogP contribution is 2.34. The van der Waals surface area contributed by atoms with E-state index in [1.165, 1.54) is 18.6 Å². The maximum atomic E-state index is 12.8. The largest absolute Gasteiger partial charge is 0.416 e. The standard InChI is InChI=1S/C18H20F3N3O2S/c1-11(15(25)22-14-9-5-8-13(10-14)18(19,20)21)27-17-24-23-16(26-17)12-6-3-2-4-7-12/h5,8-12H,2-4,6-7H2,1H3,(H,22,25). The Morgan fingerprint density at radius 3 is 2.70 bits per heavy atom. The summed E-state index contributed by atoms with van der Waals surface area (Å²) in [5.41, 5.74) is -0.717. The molecular weight excluding hydrogens is 379 g/mol. The van der Waals surface area contributed by atoms with E-state index < -0.39 is 22.9 Å². The molecule has 1 fully saturated rings. The van der Waals surface area contributed by atoms with Crippen molar-refractivity contribution in [2.75, 3.05) is 5.32 Å². The lowest BCUT2D eigenvalue weighted by atomic mass is 9.89. The van der Waals surface area contributed by atoms with Crippen LogP contribution in [0.2, 0.25) is 0 Å². The Hall–Kier alpha value is -2.03. The molecule has 27 heavy (non-hydrogen) atoms. The average Bonchev–Trinajstić information content (AvgIpc) is 3.10. The van der Waals surface area contributed by atoms with Crippen LogP contribution >= 0.6 is 11.8 Å². The first kappa shape index (κ1) is 19.7. The first-order valence-corrected chi connectivity index (χ1v) is 9.69. The van der Waals surface area contributed by atoms with Gasteiger partial charge in [-0.05, 0) is 38.0 Å². The van der Waals surface area contributed by atoms with E-state index in [0.717, 1.165) is 49.6 Å². The predicted octanol–water partition coefficient (Wildman–Crippen LogP) is 5.26. The molecule has 146 valence electrons. The van der Waals surface area contributed by atoms with Crippen molar-refractivity contribution in [2.24, 2.45) is 0 Å². The number of anilines is 1. The number of hydrogen-bond donors (Lipinski definition) is 1. The lowest BCUT2D eigenvalue weighted by molar-refractivity contribution is -0.137. The van der Waals surface area contributed by atoms with Crippen molar-refractivity contribution < 1.29 is 22.4 Å². The second kappa shape index (κ2) is 8.33. The summed E-state index contributed by atoms with van der Waals surface area (Å²) >= 11 is 1.09. The quantitative estimate of drug-likeness (QED) is 0.695. The minimum atomic E-state index is -4.46. The summed E-state index contributed by atoms with van der Waals surface area (Å²) in [7, 11) is 0. The molecule has 1 saturated carbocycles. The molecule has 1 N–H and O–H groups in total. The van der Waals surface area contributed by atoms with Crippen molar-refractivity contribution in [3.05, 3.63) is 35.7 Å². The molecule has 1 aliphatic carbocycles. The van der Waals surface area contributed by atoms with E-state index >= 15 is 0 Å². The summed E-state index contributed by atoms with van der Waals surface area (Å²) in [6.45, 7) is 1.64. The molecule has 1 unspecified atom stereocenters. The molecule has 0 bridgehead atoms. The summed E-state index contributed by atoms with van der Waals surface area (Å²) in [5, 5.41) is 10.3. The van der Waals surface area contributed by atoms with Crippen molar-refractivity contribution in [1.82, 2.24) is 10.2 Å². The fourth-order valence-electron chi connectivity index (χ4n) is 3.00. The topological polar surface area (TPSA) is 68.0 Å². The Balaban J connectivity index is 1.59. The SMILES string of the molecule is CC(Sc1nnc(C2CCCCC2)o1)C(=O)Nc1cccc(C(F)(F)F)c1. The summed E-state index contributed by atoms with van der Waals surface area (Å²) in [4.78, 5) is 12.3. The normalized spacial score (nSPS) is 16.9. The van der Waals surface area contributed by atoms with Gasteiger partial charge in [-0.15, -0.1) is 10.2 Å². The second-order valence-corrected chi connectivity index (χ2v) is 7.86. The number of carbonyl (C=O) groups excluding carboxylic acids is 1. The van der Waals surface area contributed by atoms with E-state index in [9.17, 15) is 18.0 Å². The van der Waals surface area contributed by atoms with Crippen LogP contribution in [0.3, 0.4) is 0 Å². The van der Waals surface area contributed by atoms with E-state index in [1.807, 2.05) is 0 Å². The van der Waals surface area contributed by atoms with Gasteiger partial charge in [-0.3, -0.25) is 4.79 Å². The van der Waals surface area contributed by atoms with E-state index in [-0.39, 0.29) is 11.6 Å². The zero-order valence-corrected chi connectivity index (χ0v) is 15.6. The van der Waals surface area contributed by atoms with Gasteiger partial charge in [-0.25, -0.2) is 0 Å². The Morgan fingerprint density at radius 2 is 2.00 bits per heavy atom. The molecule has 1 heterocycles. The third-order valence-corrected chi connectivity index (χ3v) is 5.42. The van der Waals surface area contributed by atoms with Crippen LogP contribution in [0.25, 0.3) is 0 Å². The number of hydrogen-bond acceptors (Lipinski definition) is 5. The minimum Gasteiger partial charge on any atom is -0.416 e. The number of benzene rings is 1. The maximum Gasteiger partial charge on any atom is 0.416 e. The van der Waals surface area contributed by atoms with Crippen molar-refractivity contribution >= 4 is 23.4 Å². The number of rotatable bonds is 5. The average molecular weight is 399 g/mol. The molecule has 1 amide bonds. The van der Waals surface area contributed by atoms with Crippen LogP contribution in [-0.4, -0.2) is 21.4 Å². The van der Waals surface area contributed by atoms with Gasteiger partial charge >= 0.3 is 6.18 Å². The number of nitrogens with zero attached hydrogens (tertiary/aromatic N) is 2. The highest BCUT2D eigenvalue weighted by molar-refractivity contribution is 8.00. The Bertz CT molecular complexity index is 788. The predicted molar refractivity (Wildman–Crippen MR) is 95.5 cm³/mol. The third kappa shape index (κ3) is 5.24. The Labute approximate surface area is 159 Å². The highest BCUT2D eigenvalue weighted by Gasteiger charge is 2.30. The highest BCUT2D eigenvalue weighted by atomic mass is 32.2. The number of thioether (sulfide) groups is 1. The van der Waals surface area contributed by atoms with E-state index in [4.69, 9.17) is 4.42 Å². The van der Waals surface area contributed by atoms with Gasteiger partial charge in [0.15, 0.2) is 0 Å². The number of halogens is 3. The minimum absolute atomic E-state index is 0.0932. The van der Waals surface area contributed by atoms with Gasteiger partial charge in [0.2, 0.25) is 11.8 Å². The molecule has 0 saturated heterocycles. The van der Waals surface area contributed by atoms with Crippen molar-refractivity contribution in [3.63, 3.8) is 0 Å². The first-order valence-electron chi connectivity index (χ1n) is 8.81. The summed E-state index contributed by atoms with van der Waals surface area (Å²) in [6, 6.07) is 4.53. The molecule has 2 aromatic rings. The molecule has 0 aliphatic heterocycles. The second-order valence-electron chi connectivity index (χ2n) is 6.57. The Kier molecular flexibility index (Phi) is 6.08. The van der Waals surface area contributed by atoms with Crippen LogP contribution in [0.4, 0.5) is 18.9 Å². The summed E-state index contributed by atoms with van der Waals surface area (Å²) in [5.74, 6) is 0.439. The van der Waals surface area contributed by atoms with Crippen molar-refractivity contribution in [1.29, 1.82) is 0 Å². The van der Waals surface area contributed by atoms with Gasteiger partial charge in [0, 0.05) is 11.6 Å². The summed E-state index contributed by atoms with van der Waals surface area (Å²) in [6.07, 6.45) is 1.10. The summed E-state index contributed by atoms with van der Waals surface area (Å²) < 4.78 is 44.0. The smallest absolute Gasteiger partial charge is 0.416 e. The number of alkyl halides is 3. The molecule has 0 radical (unpaired) electrons. The van der Waals surface area contributed by atoms with Gasteiger partial charge in [-0.2, -0.15) is 13.2 Å². The van der Waals surface area contributed by atoms with Crippen molar-refractivity contribution in [3.8, 4) is 0 Å². The van der Waals surface area contributed by atoms with Gasteiger partial charge in [-0.1, -0.05) is 37.1 Å². The number of amides is 1. The fraction of sp³-hybridized carbons (Fsp3) is 0.500. The molecule has 1 aromatic carbocycles. The molecule has 1 atom stereocenters. The fourth-order valence-corrected chi connectivity index (χ4v) is 3.69. The van der Waals surface area contributed by atoms with Crippen LogP contribution < -0.4 is 5.32 Å². The van der Waals surface area contributed by atoms with Crippen LogP contribution in [0, 0.1) is 0 Å². The molecule has 9 heteroatoms. The molecular formula is C18H20F3N3O2S. The monoisotopic (exact) mass is 399 g/mol. The maximum absolute atomic E-state index is 12.8. The van der Waals surface area contributed by atoms with E-state index in [1.54, 1.807) is 6.92 Å². The molecule has 1 aromatic heterocycles. The van der Waals surface area contributed by atoms with Gasteiger partial charge in [0.05, 0.1) is 10.8 Å². The van der Waals surface area contributed by atoms with Gasteiger partial charge < -0.3 is 9.73 Å². The number of nitrogens with one attached hydrogen (secondary N) is 1. The number of aromatic nitrogens is 2. The van der Waals surface area contributed by atoms with Crippen LogP contribution in [-0.2, 0) is 11.0 Å². The van der Waals surface area contributed by atoms with E-state index in [2.05, 4.69) is 15.5 Å². The lowest BCUT2D eigenvalue weighted by Crippen LogP contribution is -2.22. The first-order chi connectivity index (χ1) is 12.8. The van der Waals surface area contributed by atoms with Crippen LogP contribution in [0.15, 0.2) is 33.9 Å². The van der Waals surface area contributed by atoms with Gasteiger partial charge in [0.1, 0.15) is 0 Å². The van der Waals surface area contributed by atoms with E-state index in [0.29, 0.717) is 11.1 Å². The molecule has 3 rings (SSSR count).